The molecule has 1 aliphatic heterocycles. The Balaban J connectivity index is 0.00000242. The van der Waals surface area contributed by atoms with Gasteiger partial charge in [-0.05, 0) is 19.1 Å². The number of halogens is 5. The molecule has 1 aliphatic rings. The number of nitrogens with zero attached hydrogens (tertiary/aromatic N) is 2. The van der Waals surface area contributed by atoms with Crippen LogP contribution in [0, 0.1) is 0 Å². The van der Waals surface area contributed by atoms with Gasteiger partial charge in [-0.2, -0.15) is 13.2 Å². The van der Waals surface area contributed by atoms with Crippen LogP contribution in [0.15, 0.2) is 24.3 Å². The van der Waals surface area contributed by atoms with Gasteiger partial charge >= 0.3 is 6.18 Å². The molecule has 0 bridgehead atoms. The van der Waals surface area contributed by atoms with Crippen molar-refractivity contribution in [2.75, 3.05) is 31.9 Å². The number of nitrogen functional groups attached to an aromatic ring is 1. The van der Waals surface area contributed by atoms with Gasteiger partial charge in [-0.1, -0.05) is 12.1 Å². The summed E-state index contributed by atoms with van der Waals surface area (Å²) in [5.41, 5.74) is 6.54. The number of anilines is 1. The van der Waals surface area contributed by atoms with Crippen LogP contribution in [0.1, 0.15) is 17.3 Å². The number of rotatable bonds is 2. The average Bonchev–Trinajstić information content (AvgIpc) is 2.45. The van der Waals surface area contributed by atoms with E-state index in [2.05, 4.69) is 0 Å². The number of hydrogen-bond donors (Lipinski definition) is 1. The maximum absolute atomic E-state index is 12.7. The Morgan fingerprint density at radius 1 is 1.13 bits per heavy atom. The Morgan fingerprint density at radius 3 is 2.13 bits per heavy atom. The highest BCUT2D eigenvalue weighted by Crippen LogP contribution is 2.25. The van der Waals surface area contributed by atoms with E-state index in [0.29, 0.717) is 11.3 Å². The molecule has 1 fully saturated rings. The molecule has 0 saturated carbocycles. The van der Waals surface area contributed by atoms with Crippen molar-refractivity contribution >= 4 is 36.4 Å². The zero-order valence-corrected chi connectivity index (χ0v) is 14.2. The van der Waals surface area contributed by atoms with Gasteiger partial charge in [0, 0.05) is 31.9 Å². The van der Waals surface area contributed by atoms with Gasteiger partial charge < -0.3 is 10.6 Å². The molecule has 0 aliphatic carbocycles. The zero-order valence-electron chi connectivity index (χ0n) is 12.5. The van der Waals surface area contributed by atoms with Crippen LogP contribution in [0.3, 0.4) is 0 Å². The molecular formula is C14H20Cl2F3N3O. The molecule has 2 N–H and O–H groups in total. The van der Waals surface area contributed by atoms with E-state index >= 15 is 0 Å². The van der Waals surface area contributed by atoms with Crippen LogP contribution < -0.4 is 5.73 Å². The molecule has 4 nitrogen and oxygen atoms in total. The Kier molecular flexibility index (Phi) is 8.17. The van der Waals surface area contributed by atoms with Crippen molar-refractivity contribution in [2.45, 2.75) is 19.1 Å². The lowest BCUT2D eigenvalue weighted by Crippen LogP contribution is -2.54. The summed E-state index contributed by atoms with van der Waals surface area (Å²) in [4.78, 5) is 15.2. The second-order valence-electron chi connectivity index (χ2n) is 5.13. The minimum atomic E-state index is -4.24. The van der Waals surface area contributed by atoms with Gasteiger partial charge in [0.05, 0.1) is 5.56 Å². The highest BCUT2D eigenvalue weighted by atomic mass is 35.5. The van der Waals surface area contributed by atoms with Crippen molar-refractivity contribution in [1.29, 1.82) is 0 Å². The van der Waals surface area contributed by atoms with Gasteiger partial charge in [-0.3, -0.25) is 9.69 Å². The van der Waals surface area contributed by atoms with Crippen LogP contribution in [-0.2, 0) is 0 Å². The van der Waals surface area contributed by atoms with Gasteiger partial charge in [-0.25, -0.2) is 0 Å². The minimum Gasteiger partial charge on any atom is -0.398 e. The molecule has 9 heteroatoms. The number of amides is 1. The van der Waals surface area contributed by atoms with Gasteiger partial charge in [0.15, 0.2) is 0 Å². The molecule has 132 valence electrons. The summed E-state index contributed by atoms with van der Waals surface area (Å²) in [5, 5.41) is 0. The average molecular weight is 374 g/mol. The summed E-state index contributed by atoms with van der Waals surface area (Å²) in [6.07, 6.45) is -4.24. The van der Waals surface area contributed by atoms with Crippen molar-refractivity contribution in [3.8, 4) is 0 Å². The second kappa shape index (κ2) is 8.61. The number of para-hydroxylation sites is 1. The van der Waals surface area contributed by atoms with Crippen LogP contribution in [0.25, 0.3) is 0 Å². The fourth-order valence-corrected chi connectivity index (χ4v) is 2.38. The summed E-state index contributed by atoms with van der Waals surface area (Å²) in [5.74, 6) is -0.229. The predicted octanol–water partition coefficient (Wildman–Crippen LogP) is 2.82. The van der Waals surface area contributed by atoms with Crippen LogP contribution in [-0.4, -0.2) is 54.1 Å². The summed E-state index contributed by atoms with van der Waals surface area (Å²) in [7, 11) is 0. The number of nitrogens with two attached hydrogens (primary N) is 1. The molecule has 1 amide bonds. The van der Waals surface area contributed by atoms with E-state index < -0.39 is 12.2 Å². The molecule has 1 atom stereocenters. The molecule has 0 spiro atoms. The second-order valence-corrected chi connectivity index (χ2v) is 5.13. The number of alkyl halides is 3. The quantitative estimate of drug-likeness (QED) is 0.810. The largest absolute Gasteiger partial charge is 0.403 e. The monoisotopic (exact) mass is 373 g/mol. The third-order valence-electron chi connectivity index (χ3n) is 3.81. The van der Waals surface area contributed by atoms with E-state index in [0.717, 1.165) is 6.92 Å². The third kappa shape index (κ3) is 5.16. The summed E-state index contributed by atoms with van der Waals surface area (Å²) < 4.78 is 38.0. The molecule has 2 rings (SSSR count). The highest BCUT2D eigenvalue weighted by molar-refractivity contribution is 5.99. The van der Waals surface area contributed by atoms with Gasteiger partial charge in [0.25, 0.3) is 5.91 Å². The normalized spacial score (nSPS) is 17.0. The molecule has 1 unspecified atom stereocenters. The lowest BCUT2D eigenvalue weighted by atomic mass is 10.1. The first-order valence-electron chi connectivity index (χ1n) is 6.75. The van der Waals surface area contributed by atoms with Crippen molar-refractivity contribution < 1.29 is 18.0 Å². The van der Waals surface area contributed by atoms with Crippen molar-refractivity contribution in [3.63, 3.8) is 0 Å². The standard InChI is InChI=1S/C14H18F3N3O.2ClH/c1-10(14(15,16)17)19-6-8-20(9-7-19)13(21)11-4-2-3-5-12(11)18;;/h2-5,10H,6-9,18H2,1H3;2*1H. The number of benzene rings is 1. The lowest BCUT2D eigenvalue weighted by Gasteiger charge is -2.38. The summed E-state index contributed by atoms with van der Waals surface area (Å²) in [6, 6.07) is 5.22. The first-order valence-corrected chi connectivity index (χ1v) is 6.75. The highest BCUT2D eigenvalue weighted by Gasteiger charge is 2.41. The fraction of sp³-hybridized carbons (Fsp3) is 0.500. The lowest BCUT2D eigenvalue weighted by molar-refractivity contribution is -0.181. The molecule has 0 radical (unpaired) electrons. The predicted molar refractivity (Wildman–Crippen MR) is 88.3 cm³/mol. The molecule has 0 aromatic heterocycles. The van der Waals surface area contributed by atoms with Crippen LogP contribution in [0.5, 0.6) is 0 Å². The minimum absolute atomic E-state index is 0. The smallest absolute Gasteiger partial charge is 0.398 e. The topological polar surface area (TPSA) is 49.6 Å². The van der Waals surface area contributed by atoms with Crippen molar-refractivity contribution in [1.82, 2.24) is 9.80 Å². The molecule has 1 aromatic rings. The molecule has 1 aromatic carbocycles. The SMILES string of the molecule is CC(N1CCN(C(=O)c2ccccc2N)CC1)C(F)(F)F.Cl.Cl. The fourth-order valence-electron chi connectivity index (χ4n) is 2.38. The Hall–Kier alpha value is -1.18. The Bertz CT molecular complexity index is 520. The summed E-state index contributed by atoms with van der Waals surface area (Å²) in [6.45, 7) is 2.10. The first-order chi connectivity index (χ1) is 9.80. The third-order valence-corrected chi connectivity index (χ3v) is 3.81. The van der Waals surface area contributed by atoms with E-state index in [4.69, 9.17) is 5.73 Å². The first kappa shape index (κ1) is 21.8. The molecule has 23 heavy (non-hydrogen) atoms. The van der Waals surface area contributed by atoms with Gasteiger partial charge in [-0.15, -0.1) is 24.8 Å². The van der Waals surface area contributed by atoms with E-state index in [1.807, 2.05) is 0 Å². The Morgan fingerprint density at radius 2 is 1.65 bits per heavy atom. The maximum atomic E-state index is 12.7. The zero-order chi connectivity index (χ0) is 15.6. The molecular weight excluding hydrogens is 354 g/mol. The molecule has 1 heterocycles. The number of hydrogen-bond acceptors (Lipinski definition) is 3. The Labute approximate surface area is 145 Å². The van der Waals surface area contributed by atoms with Crippen molar-refractivity contribution in [3.05, 3.63) is 29.8 Å². The van der Waals surface area contributed by atoms with Gasteiger partial charge in [0.1, 0.15) is 6.04 Å². The van der Waals surface area contributed by atoms with E-state index in [-0.39, 0.29) is 56.9 Å². The van der Waals surface area contributed by atoms with Crippen LogP contribution in [0.2, 0.25) is 0 Å². The van der Waals surface area contributed by atoms with E-state index in [1.165, 1.54) is 4.90 Å². The molecule has 1 saturated heterocycles. The van der Waals surface area contributed by atoms with Crippen LogP contribution in [0.4, 0.5) is 18.9 Å². The maximum Gasteiger partial charge on any atom is 0.403 e. The summed E-state index contributed by atoms with van der Waals surface area (Å²) >= 11 is 0. The number of carbonyl (C=O) groups is 1. The van der Waals surface area contributed by atoms with Gasteiger partial charge in [0.2, 0.25) is 0 Å². The van der Waals surface area contributed by atoms with E-state index in [1.54, 1.807) is 29.2 Å². The van der Waals surface area contributed by atoms with E-state index in [9.17, 15) is 18.0 Å². The number of piperazine rings is 1. The van der Waals surface area contributed by atoms with Crippen molar-refractivity contribution in [2.24, 2.45) is 0 Å². The number of carbonyl (C=O) groups excluding carboxylic acids is 1. The van der Waals surface area contributed by atoms with Crippen LogP contribution >= 0.6 is 24.8 Å².